The Labute approximate surface area is 182 Å². The van der Waals surface area contributed by atoms with Gasteiger partial charge in [-0.2, -0.15) is 5.10 Å². The number of pyridine rings is 1. The third-order valence-corrected chi connectivity index (χ3v) is 5.09. The Morgan fingerprint density at radius 2 is 1.97 bits per heavy atom. The van der Waals surface area contributed by atoms with Crippen molar-refractivity contribution in [3.8, 4) is 11.3 Å². The summed E-state index contributed by atoms with van der Waals surface area (Å²) in [5.74, 6) is 1.65. The molecule has 0 bridgehead atoms. The van der Waals surface area contributed by atoms with E-state index in [1.807, 2.05) is 37.5 Å². The van der Waals surface area contributed by atoms with Crippen LogP contribution < -0.4 is 5.32 Å². The van der Waals surface area contributed by atoms with Crippen molar-refractivity contribution in [3.05, 3.63) is 83.5 Å². The molecule has 1 aromatic carbocycles. The topological polar surface area (TPSA) is 106 Å². The molecule has 2 N–H and O–H groups in total. The molecule has 0 saturated carbocycles. The van der Waals surface area contributed by atoms with E-state index in [0.717, 1.165) is 17.1 Å². The van der Waals surface area contributed by atoms with Crippen molar-refractivity contribution < 1.29 is 5.11 Å². The predicted molar refractivity (Wildman–Crippen MR) is 116 cm³/mol. The van der Waals surface area contributed by atoms with E-state index >= 15 is 0 Å². The molecule has 31 heavy (non-hydrogen) atoms. The number of fused-ring (bicyclic) bond motifs is 1. The van der Waals surface area contributed by atoms with E-state index < -0.39 is 6.10 Å². The van der Waals surface area contributed by atoms with Crippen LogP contribution in [0.4, 0.5) is 11.8 Å². The third-order valence-electron chi connectivity index (χ3n) is 4.86. The van der Waals surface area contributed by atoms with Gasteiger partial charge in [-0.15, -0.1) is 10.2 Å². The maximum Gasteiger partial charge on any atom is 0.228 e. The van der Waals surface area contributed by atoms with E-state index in [-0.39, 0.29) is 0 Å². The highest BCUT2D eigenvalue weighted by Crippen LogP contribution is 2.26. The van der Waals surface area contributed by atoms with E-state index in [0.29, 0.717) is 28.0 Å². The molecule has 0 aliphatic carbocycles. The maximum absolute atomic E-state index is 10.8. The minimum absolute atomic E-state index is 0.407. The second kappa shape index (κ2) is 7.78. The van der Waals surface area contributed by atoms with Gasteiger partial charge in [-0.1, -0.05) is 23.7 Å². The Bertz CT molecular complexity index is 1380. The van der Waals surface area contributed by atoms with Crippen molar-refractivity contribution in [1.29, 1.82) is 0 Å². The number of halogens is 1. The van der Waals surface area contributed by atoms with Crippen LogP contribution >= 0.6 is 11.6 Å². The van der Waals surface area contributed by atoms with Gasteiger partial charge in [-0.3, -0.25) is 9.08 Å². The summed E-state index contributed by atoms with van der Waals surface area (Å²) in [5.41, 5.74) is 2.81. The monoisotopic (exact) mass is 432 g/mol. The highest BCUT2D eigenvalue weighted by molar-refractivity contribution is 6.30. The van der Waals surface area contributed by atoms with Crippen LogP contribution in [0.2, 0.25) is 5.02 Å². The first-order chi connectivity index (χ1) is 15.1. The molecule has 0 spiro atoms. The number of benzene rings is 1. The molecule has 0 aliphatic rings. The molecule has 0 unspecified atom stereocenters. The first-order valence-corrected chi connectivity index (χ1v) is 9.83. The number of nitrogens with one attached hydrogen (secondary N) is 1. The number of aliphatic hydroxyl groups excluding tert-OH is 1. The van der Waals surface area contributed by atoms with Gasteiger partial charge in [0.05, 0.1) is 11.9 Å². The first-order valence-electron chi connectivity index (χ1n) is 9.45. The number of nitrogens with zero attached hydrogens (tertiary/aromatic N) is 7. The van der Waals surface area contributed by atoms with E-state index in [2.05, 4.69) is 30.6 Å². The predicted octanol–water partition coefficient (Wildman–Crippen LogP) is 3.40. The van der Waals surface area contributed by atoms with Crippen molar-refractivity contribution in [3.63, 3.8) is 0 Å². The lowest BCUT2D eigenvalue weighted by molar-refractivity contribution is 0.208. The molecule has 1 atom stereocenters. The molecule has 0 fully saturated rings. The zero-order valence-corrected chi connectivity index (χ0v) is 17.1. The van der Waals surface area contributed by atoms with Crippen molar-refractivity contribution in [1.82, 2.24) is 34.3 Å². The molecule has 0 amide bonds. The van der Waals surface area contributed by atoms with Crippen LogP contribution in [-0.2, 0) is 7.05 Å². The number of anilines is 2. The number of hydrogen-bond donors (Lipinski definition) is 2. The molecule has 9 nitrogen and oxygen atoms in total. The average molecular weight is 433 g/mol. The molecular formula is C21H17ClN8O. The summed E-state index contributed by atoms with van der Waals surface area (Å²) in [6.07, 6.45) is 4.24. The minimum Gasteiger partial charge on any atom is -0.380 e. The Kier molecular flexibility index (Phi) is 4.81. The largest absolute Gasteiger partial charge is 0.380 e. The number of rotatable bonds is 5. The normalized spacial score (nSPS) is 12.2. The summed E-state index contributed by atoms with van der Waals surface area (Å²) in [4.78, 5) is 8.85. The van der Waals surface area contributed by atoms with Gasteiger partial charge in [0.15, 0.2) is 11.5 Å². The Morgan fingerprint density at radius 3 is 2.77 bits per heavy atom. The third kappa shape index (κ3) is 3.72. The second-order valence-corrected chi connectivity index (χ2v) is 7.33. The molecule has 5 aromatic rings. The summed E-state index contributed by atoms with van der Waals surface area (Å²) in [6, 6.07) is 14.4. The van der Waals surface area contributed by atoms with Gasteiger partial charge >= 0.3 is 0 Å². The SMILES string of the molecule is Cn1nccc1Nc1nccc(-c2ccn3c([C@H](O)c4cccc(Cl)c4)nnc3c2)n1. The van der Waals surface area contributed by atoms with Gasteiger partial charge in [0, 0.05) is 36.1 Å². The van der Waals surface area contributed by atoms with Gasteiger partial charge < -0.3 is 10.4 Å². The smallest absolute Gasteiger partial charge is 0.228 e. The summed E-state index contributed by atoms with van der Waals surface area (Å²) in [5, 5.41) is 27.0. The molecule has 0 saturated heterocycles. The van der Waals surface area contributed by atoms with Gasteiger partial charge in [0.2, 0.25) is 5.95 Å². The average Bonchev–Trinajstić information content (AvgIpc) is 3.39. The standard InChI is InChI=1S/C21H17ClN8O/c1-29-17(6-9-24-29)26-21-23-8-5-16(25-21)13-7-10-30-18(12-13)27-28-20(30)19(31)14-3-2-4-15(22)11-14/h2-12,19,31H,1H3,(H,23,25,26)/t19-/m1/s1. The Balaban J connectivity index is 1.46. The van der Waals surface area contributed by atoms with E-state index in [1.54, 1.807) is 45.7 Å². The van der Waals surface area contributed by atoms with Crippen molar-refractivity contribution in [2.24, 2.45) is 7.05 Å². The van der Waals surface area contributed by atoms with Gasteiger partial charge in [0.1, 0.15) is 11.9 Å². The zero-order valence-electron chi connectivity index (χ0n) is 16.4. The zero-order chi connectivity index (χ0) is 21.4. The maximum atomic E-state index is 10.8. The van der Waals surface area contributed by atoms with Crippen LogP contribution in [0, 0.1) is 0 Å². The van der Waals surface area contributed by atoms with Crippen LogP contribution in [0.1, 0.15) is 17.5 Å². The highest BCUT2D eigenvalue weighted by atomic mass is 35.5. The summed E-state index contributed by atoms with van der Waals surface area (Å²) < 4.78 is 3.44. The van der Waals surface area contributed by atoms with E-state index in [4.69, 9.17) is 11.6 Å². The van der Waals surface area contributed by atoms with E-state index in [1.165, 1.54) is 0 Å². The number of hydrogen-bond acceptors (Lipinski definition) is 7. The second-order valence-electron chi connectivity index (χ2n) is 6.89. The molecule has 0 aliphatic heterocycles. The fraction of sp³-hybridized carbons (Fsp3) is 0.0952. The molecule has 10 heteroatoms. The fourth-order valence-corrected chi connectivity index (χ4v) is 3.47. The first kappa shape index (κ1) is 19.2. The van der Waals surface area contributed by atoms with Crippen LogP contribution in [0.25, 0.3) is 16.9 Å². The summed E-state index contributed by atoms with van der Waals surface area (Å²) in [7, 11) is 1.83. The van der Waals surface area contributed by atoms with Crippen molar-refractivity contribution >= 4 is 29.0 Å². The van der Waals surface area contributed by atoms with Gasteiger partial charge in [-0.05, 0) is 35.9 Å². The summed E-state index contributed by atoms with van der Waals surface area (Å²) >= 11 is 6.05. The lowest BCUT2D eigenvalue weighted by atomic mass is 10.1. The lowest BCUT2D eigenvalue weighted by Gasteiger charge is -2.10. The van der Waals surface area contributed by atoms with Gasteiger partial charge in [-0.25, -0.2) is 9.97 Å². The molecule has 0 radical (unpaired) electrons. The molecule has 154 valence electrons. The lowest BCUT2D eigenvalue weighted by Crippen LogP contribution is -2.05. The number of aliphatic hydroxyl groups is 1. The molecular weight excluding hydrogens is 416 g/mol. The van der Waals surface area contributed by atoms with Crippen molar-refractivity contribution in [2.45, 2.75) is 6.10 Å². The van der Waals surface area contributed by atoms with Crippen LogP contribution in [0.5, 0.6) is 0 Å². The van der Waals surface area contributed by atoms with E-state index in [9.17, 15) is 5.11 Å². The number of aromatic nitrogens is 7. The Hall–Kier alpha value is -3.82. The van der Waals surface area contributed by atoms with Crippen LogP contribution in [0.15, 0.2) is 67.1 Å². The summed E-state index contributed by atoms with van der Waals surface area (Å²) in [6.45, 7) is 0. The highest BCUT2D eigenvalue weighted by Gasteiger charge is 2.18. The molecule has 4 aromatic heterocycles. The molecule has 4 heterocycles. The quantitative estimate of drug-likeness (QED) is 0.438. The van der Waals surface area contributed by atoms with Gasteiger partial charge in [0.25, 0.3) is 0 Å². The number of aryl methyl sites for hydroxylation is 1. The molecule has 5 rings (SSSR count). The Morgan fingerprint density at radius 1 is 1.06 bits per heavy atom. The van der Waals surface area contributed by atoms with Crippen LogP contribution in [0.3, 0.4) is 0 Å². The minimum atomic E-state index is -0.951. The fourth-order valence-electron chi connectivity index (χ4n) is 3.27. The van der Waals surface area contributed by atoms with Crippen LogP contribution in [-0.4, -0.2) is 39.5 Å². The van der Waals surface area contributed by atoms with Crippen molar-refractivity contribution in [2.75, 3.05) is 5.32 Å².